The van der Waals surface area contributed by atoms with Crippen LogP contribution < -0.4 is 9.47 Å². The second-order valence-corrected chi connectivity index (χ2v) is 6.63. The van der Waals surface area contributed by atoms with Crippen LogP contribution >= 0.6 is 24.0 Å². The van der Waals surface area contributed by atoms with Gasteiger partial charge in [-0.2, -0.15) is 10.0 Å². The molecular weight excluding hydrogens is 352 g/mol. The molecular formula is C15H12N2O5S2. The third-order valence-electron chi connectivity index (χ3n) is 3.26. The van der Waals surface area contributed by atoms with Gasteiger partial charge in [0.25, 0.3) is 5.91 Å². The largest absolute Gasteiger partial charge is 0.454 e. The number of hydrazine groups is 1. The number of carbonyl (C=O) groups is 3. The highest BCUT2D eigenvalue weighted by Gasteiger charge is 2.39. The van der Waals surface area contributed by atoms with Crippen LogP contribution in [-0.4, -0.2) is 38.9 Å². The van der Waals surface area contributed by atoms with E-state index in [4.69, 9.17) is 21.7 Å². The third-order valence-corrected chi connectivity index (χ3v) is 4.55. The Balaban J connectivity index is 1.91. The van der Waals surface area contributed by atoms with Crippen LogP contribution in [0.25, 0.3) is 6.08 Å². The molecule has 9 heteroatoms. The second kappa shape index (κ2) is 6.25. The van der Waals surface area contributed by atoms with Crippen LogP contribution in [-0.2, 0) is 14.4 Å². The molecule has 1 aromatic carbocycles. The van der Waals surface area contributed by atoms with Crippen molar-refractivity contribution in [1.29, 1.82) is 0 Å². The standard InChI is InChI=1S/C15H12N2O5S2/c1-8(18)16(9(2)19)17-14(20)13(24-15(17)23)6-10-3-4-11-12(5-10)22-7-21-11/h3-6H,7H2,1-2H3/b13-6-. The highest BCUT2D eigenvalue weighted by Crippen LogP contribution is 2.36. The van der Waals surface area contributed by atoms with Crippen molar-refractivity contribution in [3.8, 4) is 11.5 Å². The van der Waals surface area contributed by atoms with Gasteiger partial charge in [-0.1, -0.05) is 17.8 Å². The van der Waals surface area contributed by atoms with Gasteiger partial charge in [0, 0.05) is 13.8 Å². The molecule has 0 radical (unpaired) electrons. The average molecular weight is 364 g/mol. The van der Waals surface area contributed by atoms with Gasteiger partial charge in [-0.25, -0.2) is 0 Å². The highest BCUT2D eigenvalue weighted by atomic mass is 32.2. The predicted octanol–water partition coefficient (Wildman–Crippen LogP) is 1.93. The molecule has 1 aromatic rings. The van der Waals surface area contributed by atoms with E-state index < -0.39 is 17.7 Å². The number of carbonyl (C=O) groups excluding carboxylic acids is 3. The van der Waals surface area contributed by atoms with E-state index in [0.717, 1.165) is 27.3 Å². The average Bonchev–Trinajstić information content (AvgIpc) is 3.06. The number of thioether (sulfide) groups is 1. The zero-order chi connectivity index (χ0) is 17.4. The highest BCUT2D eigenvalue weighted by molar-refractivity contribution is 8.26. The quantitative estimate of drug-likeness (QED) is 0.586. The summed E-state index contributed by atoms with van der Waals surface area (Å²) in [5.41, 5.74) is 0.719. The molecule has 0 aromatic heterocycles. The Labute approximate surface area is 147 Å². The zero-order valence-electron chi connectivity index (χ0n) is 12.8. The summed E-state index contributed by atoms with van der Waals surface area (Å²) in [7, 11) is 0. The summed E-state index contributed by atoms with van der Waals surface area (Å²) in [6.45, 7) is 2.55. The summed E-state index contributed by atoms with van der Waals surface area (Å²) in [6.07, 6.45) is 1.62. The second-order valence-electron chi connectivity index (χ2n) is 4.96. The lowest BCUT2D eigenvalue weighted by Gasteiger charge is -2.26. The van der Waals surface area contributed by atoms with Crippen LogP contribution in [0, 0.1) is 0 Å². The van der Waals surface area contributed by atoms with Gasteiger partial charge in [0.2, 0.25) is 18.6 Å². The molecule has 0 atom stereocenters. The molecule has 3 rings (SSSR count). The molecule has 3 amide bonds. The molecule has 0 saturated carbocycles. The minimum Gasteiger partial charge on any atom is -0.454 e. The maximum atomic E-state index is 12.6. The first-order valence-corrected chi connectivity index (χ1v) is 8.09. The molecule has 2 aliphatic heterocycles. The summed E-state index contributed by atoms with van der Waals surface area (Å²) in [4.78, 5) is 36.2. The SMILES string of the molecule is CC(=O)N(C(C)=O)N1C(=O)/C(=C/c2ccc3c(c2)OCO3)SC1=S. The molecule has 124 valence electrons. The van der Waals surface area contributed by atoms with Crippen LogP contribution in [0.2, 0.25) is 0 Å². The van der Waals surface area contributed by atoms with Crippen molar-refractivity contribution < 1.29 is 23.9 Å². The zero-order valence-corrected chi connectivity index (χ0v) is 14.4. The van der Waals surface area contributed by atoms with E-state index in [0.29, 0.717) is 16.4 Å². The first-order chi connectivity index (χ1) is 11.4. The number of nitrogens with zero attached hydrogens (tertiary/aromatic N) is 2. The lowest BCUT2D eigenvalue weighted by molar-refractivity contribution is -0.160. The fourth-order valence-electron chi connectivity index (χ4n) is 2.29. The first kappa shape index (κ1) is 16.5. The summed E-state index contributed by atoms with van der Waals surface area (Å²) >= 11 is 6.17. The van der Waals surface area contributed by atoms with E-state index in [2.05, 4.69) is 0 Å². The molecule has 7 nitrogen and oxygen atoms in total. The fraction of sp³-hybridized carbons (Fsp3) is 0.200. The number of imide groups is 1. The van der Waals surface area contributed by atoms with Gasteiger partial charge in [-0.3, -0.25) is 14.4 Å². The van der Waals surface area contributed by atoms with Crippen molar-refractivity contribution in [2.45, 2.75) is 13.8 Å². The summed E-state index contributed by atoms with van der Waals surface area (Å²) in [5.74, 6) is -0.452. The van der Waals surface area contributed by atoms with Crippen molar-refractivity contribution in [3.05, 3.63) is 28.7 Å². The normalized spacial score (nSPS) is 17.6. The van der Waals surface area contributed by atoms with E-state index in [9.17, 15) is 14.4 Å². The number of thiocarbonyl (C=S) groups is 1. The van der Waals surface area contributed by atoms with E-state index in [-0.39, 0.29) is 11.1 Å². The Morgan fingerprint density at radius 2 is 1.92 bits per heavy atom. The topological polar surface area (TPSA) is 76.2 Å². The maximum Gasteiger partial charge on any atom is 0.285 e. The van der Waals surface area contributed by atoms with Gasteiger partial charge in [0.1, 0.15) is 0 Å². The number of hydrogen-bond donors (Lipinski definition) is 0. The summed E-state index contributed by atoms with van der Waals surface area (Å²) < 4.78 is 10.7. The van der Waals surface area contributed by atoms with Gasteiger partial charge in [-0.05, 0) is 36.0 Å². The van der Waals surface area contributed by atoms with E-state index in [1.165, 1.54) is 13.8 Å². The molecule has 0 spiro atoms. The van der Waals surface area contributed by atoms with Crippen molar-refractivity contribution >= 4 is 52.1 Å². The number of fused-ring (bicyclic) bond motifs is 1. The molecule has 2 heterocycles. The van der Waals surface area contributed by atoms with Crippen LogP contribution in [0.5, 0.6) is 11.5 Å². The van der Waals surface area contributed by atoms with Crippen LogP contribution in [0.1, 0.15) is 19.4 Å². The maximum absolute atomic E-state index is 12.6. The van der Waals surface area contributed by atoms with Crippen LogP contribution in [0.15, 0.2) is 23.1 Å². The van der Waals surface area contributed by atoms with Crippen LogP contribution in [0.4, 0.5) is 0 Å². The lowest BCUT2D eigenvalue weighted by Crippen LogP contribution is -2.50. The molecule has 1 fully saturated rings. The Hall–Kier alpha value is -2.39. The fourth-order valence-corrected chi connectivity index (χ4v) is 3.53. The molecule has 0 bridgehead atoms. The van der Waals surface area contributed by atoms with E-state index >= 15 is 0 Å². The van der Waals surface area contributed by atoms with Crippen molar-refractivity contribution in [2.24, 2.45) is 0 Å². The minimum atomic E-state index is -0.580. The van der Waals surface area contributed by atoms with Crippen LogP contribution in [0.3, 0.4) is 0 Å². The molecule has 0 unspecified atom stereocenters. The summed E-state index contributed by atoms with van der Waals surface area (Å²) in [6, 6.07) is 5.25. The van der Waals surface area contributed by atoms with Crippen molar-refractivity contribution in [3.63, 3.8) is 0 Å². The van der Waals surface area contributed by atoms with Gasteiger partial charge in [0.15, 0.2) is 15.8 Å². The third kappa shape index (κ3) is 2.87. The van der Waals surface area contributed by atoms with E-state index in [1.807, 2.05) is 0 Å². The molecule has 1 saturated heterocycles. The Bertz CT molecular complexity index is 791. The number of ether oxygens (including phenoxy) is 2. The van der Waals surface area contributed by atoms with Crippen molar-refractivity contribution in [2.75, 3.05) is 6.79 Å². The smallest absolute Gasteiger partial charge is 0.285 e. The monoisotopic (exact) mass is 364 g/mol. The Morgan fingerprint density at radius 3 is 2.58 bits per heavy atom. The first-order valence-electron chi connectivity index (χ1n) is 6.87. The number of hydrogen-bond acceptors (Lipinski definition) is 7. The molecule has 24 heavy (non-hydrogen) atoms. The molecule has 0 aliphatic carbocycles. The summed E-state index contributed by atoms with van der Waals surface area (Å²) in [5, 5.41) is 1.65. The van der Waals surface area contributed by atoms with Gasteiger partial charge < -0.3 is 9.47 Å². The van der Waals surface area contributed by atoms with Gasteiger partial charge in [0.05, 0.1) is 4.91 Å². The number of rotatable bonds is 2. The molecule has 0 N–H and O–H groups in total. The number of benzene rings is 1. The van der Waals surface area contributed by atoms with Gasteiger partial charge in [-0.15, -0.1) is 0 Å². The van der Waals surface area contributed by atoms with E-state index in [1.54, 1.807) is 24.3 Å². The Kier molecular flexibility index (Phi) is 4.29. The minimum absolute atomic E-state index is 0.123. The van der Waals surface area contributed by atoms with Crippen molar-refractivity contribution in [1.82, 2.24) is 10.0 Å². The number of amides is 3. The Morgan fingerprint density at radius 1 is 1.25 bits per heavy atom. The predicted molar refractivity (Wildman–Crippen MR) is 90.8 cm³/mol. The van der Waals surface area contributed by atoms with Gasteiger partial charge >= 0.3 is 0 Å². The lowest BCUT2D eigenvalue weighted by atomic mass is 10.2. The molecule has 2 aliphatic rings.